The van der Waals surface area contributed by atoms with Crippen molar-refractivity contribution in [3.63, 3.8) is 0 Å². The minimum atomic E-state index is 0.100. The van der Waals surface area contributed by atoms with Crippen molar-refractivity contribution in [3.8, 4) is 0 Å². The highest BCUT2D eigenvalue weighted by molar-refractivity contribution is 7.79. The smallest absolute Gasteiger partial charge is 0.0109 e. The van der Waals surface area contributed by atoms with E-state index in [1.807, 2.05) is 5.37 Å². The van der Waals surface area contributed by atoms with Crippen molar-refractivity contribution in [2.75, 3.05) is 0 Å². The molecule has 0 aromatic heterocycles. The van der Waals surface area contributed by atoms with E-state index in [0.29, 0.717) is 0 Å². The first-order chi connectivity index (χ1) is 5.12. The van der Waals surface area contributed by atoms with Crippen molar-refractivity contribution in [2.45, 2.75) is 40.0 Å². The second-order valence-electron chi connectivity index (χ2n) is 3.48. The summed E-state index contributed by atoms with van der Waals surface area (Å²) >= 11 is 4.89. The van der Waals surface area contributed by atoms with Crippen LogP contribution >= 0.6 is 12.2 Å². The van der Waals surface area contributed by atoms with Crippen molar-refractivity contribution in [1.82, 2.24) is 0 Å². The fraction of sp³-hybridized carbons (Fsp3) is 0.700. The Morgan fingerprint density at radius 3 is 2.45 bits per heavy atom. The molecular formula is C10H18S. The van der Waals surface area contributed by atoms with E-state index in [2.05, 4.69) is 32.9 Å². The van der Waals surface area contributed by atoms with Crippen LogP contribution in [0.4, 0.5) is 0 Å². The third kappa shape index (κ3) is 6.24. The van der Waals surface area contributed by atoms with Crippen LogP contribution in [-0.4, -0.2) is 5.37 Å². The molecule has 11 heavy (non-hydrogen) atoms. The average Bonchev–Trinajstić information content (AvgIpc) is 1.99. The van der Waals surface area contributed by atoms with E-state index in [4.69, 9.17) is 12.2 Å². The van der Waals surface area contributed by atoms with Crippen molar-refractivity contribution in [1.29, 1.82) is 0 Å². The molecule has 0 aliphatic carbocycles. The maximum atomic E-state index is 4.89. The number of allylic oxidation sites excluding steroid dienone is 2. The molecule has 0 bridgehead atoms. The van der Waals surface area contributed by atoms with Crippen LogP contribution in [-0.2, 0) is 0 Å². The maximum Gasteiger partial charge on any atom is 0.0109 e. The summed E-state index contributed by atoms with van der Waals surface area (Å²) in [5.74, 6) is 0. The molecule has 0 rings (SSSR count). The molecule has 0 spiro atoms. The SMILES string of the molecule is CCCCC=CC(C)(C)C=S. The predicted molar refractivity (Wildman–Crippen MR) is 56.1 cm³/mol. The number of unbranched alkanes of at least 4 members (excludes halogenated alkanes) is 2. The van der Waals surface area contributed by atoms with E-state index in [1.54, 1.807) is 0 Å². The van der Waals surface area contributed by atoms with E-state index in [1.165, 1.54) is 19.3 Å². The Morgan fingerprint density at radius 2 is 2.00 bits per heavy atom. The first-order valence-electron chi connectivity index (χ1n) is 4.26. The van der Waals surface area contributed by atoms with Gasteiger partial charge in [-0.3, -0.25) is 0 Å². The predicted octanol–water partition coefficient (Wildman–Crippen LogP) is 3.76. The van der Waals surface area contributed by atoms with Gasteiger partial charge >= 0.3 is 0 Å². The molecule has 0 radical (unpaired) electrons. The molecule has 0 atom stereocenters. The van der Waals surface area contributed by atoms with E-state index < -0.39 is 0 Å². The first kappa shape index (κ1) is 10.8. The van der Waals surface area contributed by atoms with Crippen molar-refractivity contribution >= 4 is 17.6 Å². The Balaban J connectivity index is 3.63. The lowest BCUT2D eigenvalue weighted by molar-refractivity contribution is 0.695. The van der Waals surface area contributed by atoms with E-state index >= 15 is 0 Å². The Kier molecular flexibility index (Phi) is 5.39. The molecule has 1 heteroatoms. The second-order valence-corrected chi connectivity index (χ2v) is 3.72. The summed E-state index contributed by atoms with van der Waals surface area (Å²) < 4.78 is 0. The van der Waals surface area contributed by atoms with E-state index in [0.717, 1.165) is 0 Å². The largest absolute Gasteiger partial charge is 0.0925 e. The molecule has 0 aliphatic heterocycles. The molecule has 0 nitrogen and oxygen atoms in total. The van der Waals surface area contributed by atoms with Gasteiger partial charge in [-0.05, 0) is 11.8 Å². The van der Waals surface area contributed by atoms with Gasteiger partial charge in [0.25, 0.3) is 0 Å². The number of hydrogen-bond donors (Lipinski definition) is 0. The Morgan fingerprint density at radius 1 is 1.36 bits per heavy atom. The highest BCUT2D eigenvalue weighted by atomic mass is 32.1. The van der Waals surface area contributed by atoms with Gasteiger partial charge in [0.2, 0.25) is 0 Å². The summed E-state index contributed by atoms with van der Waals surface area (Å²) in [5, 5.41) is 1.81. The molecule has 0 N–H and O–H groups in total. The quantitative estimate of drug-likeness (QED) is 0.344. The third-order valence-electron chi connectivity index (χ3n) is 1.58. The van der Waals surface area contributed by atoms with Crippen molar-refractivity contribution in [3.05, 3.63) is 12.2 Å². The van der Waals surface area contributed by atoms with E-state index in [-0.39, 0.29) is 5.41 Å². The molecule has 0 saturated heterocycles. The Labute approximate surface area is 75.7 Å². The van der Waals surface area contributed by atoms with Crippen LogP contribution in [0.3, 0.4) is 0 Å². The third-order valence-corrected chi connectivity index (χ3v) is 2.18. The number of hydrogen-bond acceptors (Lipinski definition) is 1. The fourth-order valence-electron chi connectivity index (χ4n) is 0.748. The van der Waals surface area contributed by atoms with Gasteiger partial charge in [0.1, 0.15) is 0 Å². The standard InChI is InChI=1S/C10H18S/c1-4-5-6-7-8-10(2,3)9-11/h7-9H,4-6H2,1-3H3. The summed E-state index contributed by atoms with van der Waals surface area (Å²) in [7, 11) is 0. The van der Waals surface area contributed by atoms with Crippen LogP contribution in [0.2, 0.25) is 0 Å². The highest BCUT2D eigenvalue weighted by Crippen LogP contribution is 2.14. The van der Waals surface area contributed by atoms with Crippen LogP contribution in [0.1, 0.15) is 40.0 Å². The molecule has 0 aromatic carbocycles. The molecule has 0 fully saturated rings. The van der Waals surface area contributed by atoms with Gasteiger partial charge in [-0.2, -0.15) is 0 Å². The second kappa shape index (κ2) is 5.48. The van der Waals surface area contributed by atoms with Gasteiger partial charge in [-0.1, -0.05) is 58.0 Å². The van der Waals surface area contributed by atoms with Crippen LogP contribution in [0.25, 0.3) is 0 Å². The molecule has 0 amide bonds. The molecular weight excluding hydrogens is 152 g/mol. The zero-order chi connectivity index (χ0) is 8.74. The lowest BCUT2D eigenvalue weighted by Crippen LogP contribution is -2.06. The Bertz CT molecular complexity index is 134. The van der Waals surface area contributed by atoms with Crippen molar-refractivity contribution in [2.24, 2.45) is 5.41 Å². The zero-order valence-corrected chi connectivity index (χ0v) is 8.58. The lowest BCUT2D eigenvalue weighted by atomic mass is 9.95. The molecule has 0 saturated carbocycles. The molecule has 0 aromatic rings. The summed E-state index contributed by atoms with van der Waals surface area (Å²) in [6.07, 6.45) is 8.15. The van der Waals surface area contributed by atoms with Gasteiger partial charge in [0.15, 0.2) is 0 Å². The summed E-state index contributed by atoms with van der Waals surface area (Å²) in [6, 6.07) is 0. The zero-order valence-electron chi connectivity index (χ0n) is 7.76. The van der Waals surface area contributed by atoms with Gasteiger partial charge in [-0.15, -0.1) is 0 Å². The van der Waals surface area contributed by atoms with Crippen molar-refractivity contribution < 1.29 is 0 Å². The number of thiocarbonyl (C=S) groups is 1. The van der Waals surface area contributed by atoms with Crippen LogP contribution < -0.4 is 0 Å². The van der Waals surface area contributed by atoms with Gasteiger partial charge in [-0.25, -0.2) is 0 Å². The minimum Gasteiger partial charge on any atom is -0.0925 e. The monoisotopic (exact) mass is 170 g/mol. The summed E-state index contributed by atoms with van der Waals surface area (Å²) in [6.45, 7) is 6.46. The first-order valence-corrected chi connectivity index (χ1v) is 4.73. The average molecular weight is 170 g/mol. The fourth-order valence-corrected chi connectivity index (χ4v) is 0.827. The molecule has 0 aliphatic rings. The maximum absolute atomic E-state index is 4.89. The summed E-state index contributed by atoms with van der Waals surface area (Å²) in [5.41, 5.74) is 0.100. The summed E-state index contributed by atoms with van der Waals surface area (Å²) in [4.78, 5) is 0. The minimum absolute atomic E-state index is 0.100. The lowest BCUT2D eigenvalue weighted by Gasteiger charge is -2.11. The van der Waals surface area contributed by atoms with Gasteiger partial charge in [0.05, 0.1) is 0 Å². The topological polar surface area (TPSA) is 0 Å². The van der Waals surface area contributed by atoms with Crippen LogP contribution in [0.15, 0.2) is 12.2 Å². The van der Waals surface area contributed by atoms with Crippen LogP contribution in [0, 0.1) is 5.41 Å². The van der Waals surface area contributed by atoms with E-state index in [9.17, 15) is 0 Å². The van der Waals surface area contributed by atoms with Crippen LogP contribution in [0.5, 0.6) is 0 Å². The van der Waals surface area contributed by atoms with Gasteiger partial charge < -0.3 is 0 Å². The molecule has 0 heterocycles. The normalized spacial score (nSPS) is 12.3. The highest BCUT2D eigenvalue weighted by Gasteiger charge is 2.06. The molecule has 64 valence electrons. The Hall–Kier alpha value is -0.170. The molecule has 0 unspecified atom stereocenters. The van der Waals surface area contributed by atoms with Gasteiger partial charge in [0, 0.05) is 5.41 Å². The number of rotatable bonds is 5.